The van der Waals surface area contributed by atoms with E-state index in [9.17, 15) is 9.90 Å². The van der Waals surface area contributed by atoms with Gasteiger partial charge in [0.25, 0.3) is 0 Å². The van der Waals surface area contributed by atoms with Gasteiger partial charge in [0, 0.05) is 5.56 Å². The Labute approximate surface area is 149 Å². The molecule has 0 fully saturated rings. The smallest absolute Gasteiger partial charge is 0.168 e. The van der Waals surface area contributed by atoms with Gasteiger partial charge in [-0.05, 0) is 36.8 Å². The van der Waals surface area contributed by atoms with Crippen molar-refractivity contribution in [1.29, 1.82) is 0 Å². The minimum Gasteiger partial charge on any atom is -1.00 e. The second-order valence-electron chi connectivity index (χ2n) is 5.64. The number of ketones is 1. The van der Waals surface area contributed by atoms with E-state index in [0.29, 0.717) is 18.5 Å². The van der Waals surface area contributed by atoms with E-state index in [2.05, 4.69) is 0 Å². The highest BCUT2D eigenvalue weighted by atomic mass is 35.5. The zero-order chi connectivity index (χ0) is 16.7. The summed E-state index contributed by atoms with van der Waals surface area (Å²) in [5.74, 6) is 0.845. The summed E-state index contributed by atoms with van der Waals surface area (Å²) < 4.78 is 5.08. The molecule has 2 aromatic rings. The minimum atomic E-state index is -0.535. The van der Waals surface area contributed by atoms with E-state index in [4.69, 9.17) is 4.74 Å². The third kappa shape index (κ3) is 5.64. The molecule has 0 aliphatic rings. The molecule has 0 amide bonds. The van der Waals surface area contributed by atoms with E-state index in [-0.39, 0.29) is 24.2 Å². The van der Waals surface area contributed by atoms with Gasteiger partial charge in [0.15, 0.2) is 5.78 Å². The fourth-order valence-corrected chi connectivity index (χ4v) is 2.48. The van der Waals surface area contributed by atoms with Gasteiger partial charge in [-0.2, -0.15) is 0 Å². The van der Waals surface area contributed by atoms with Gasteiger partial charge in [-0.3, -0.25) is 4.79 Å². The fourth-order valence-electron chi connectivity index (χ4n) is 2.48. The summed E-state index contributed by atoms with van der Waals surface area (Å²) in [6, 6.07) is 16.7. The molecule has 24 heavy (non-hydrogen) atoms. The molecule has 4 nitrogen and oxygen atoms in total. The Balaban J connectivity index is 0.00000288. The molecule has 0 radical (unpaired) electrons. The largest absolute Gasteiger partial charge is 1.00 e. The Hall–Kier alpha value is -1.88. The number of quaternary nitrogens is 1. The average Bonchev–Trinajstić information content (AvgIpc) is 2.61. The maximum absolute atomic E-state index is 12.1. The van der Waals surface area contributed by atoms with Gasteiger partial charge >= 0.3 is 0 Å². The predicted octanol–water partition coefficient (Wildman–Crippen LogP) is -1.04. The van der Waals surface area contributed by atoms with Crippen LogP contribution in [-0.4, -0.2) is 30.6 Å². The van der Waals surface area contributed by atoms with Crippen molar-refractivity contribution in [2.45, 2.75) is 25.5 Å². The first-order chi connectivity index (χ1) is 11.1. The molecule has 2 unspecified atom stereocenters. The molecule has 0 aliphatic heterocycles. The number of hydrogen-bond acceptors (Lipinski definition) is 3. The number of rotatable bonds is 8. The number of carbonyl (C=O) groups is 1. The van der Waals surface area contributed by atoms with Crippen molar-refractivity contribution in [1.82, 2.24) is 0 Å². The van der Waals surface area contributed by atoms with E-state index < -0.39 is 6.10 Å². The molecule has 0 saturated carbocycles. The number of aliphatic hydroxyl groups is 1. The highest BCUT2D eigenvalue weighted by molar-refractivity contribution is 5.96. The fraction of sp³-hybridized carbons (Fsp3) is 0.316. The monoisotopic (exact) mass is 349 g/mol. The molecule has 3 N–H and O–H groups in total. The van der Waals surface area contributed by atoms with Crippen LogP contribution in [0.1, 0.15) is 35.4 Å². The molecule has 0 aliphatic carbocycles. The Morgan fingerprint density at radius 3 is 2.33 bits per heavy atom. The number of nitrogens with two attached hydrogens (primary N) is 1. The van der Waals surface area contributed by atoms with Gasteiger partial charge in [-0.15, -0.1) is 0 Å². The lowest BCUT2D eigenvalue weighted by Crippen LogP contribution is -3.00. The zero-order valence-corrected chi connectivity index (χ0v) is 14.7. The van der Waals surface area contributed by atoms with Crippen LogP contribution in [0, 0.1) is 0 Å². The maximum Gasteiger partial charge on any atom is 0.168 e. The van der Waals surface area contributed by atoms with Gasteiger partial charge in [0.1, 0.15) is 17.9 Å². The average molecular weight is 350 g/mol. The lowest BCUT2D eigenvalue weighted by molar-refractivity contribution is -0.693. The predicted molar refractivity (Wildman–Crippen MR) is 89.6 cm³/mol. The molecule has 0 bridgehead atoms. The van der Waals surface area contributed by atoms with Crippen LogP contribution in [0.4, 0.5) is 0 Å². The number of ether oxygens (including phenoxy) is 1. The third-order valence-corrected chi connectivity index (χ3v) is 3.96. The van der Waals surface area contributed by atoms with Crippen molar-refractivity contribution in [2.75, 3.05) is 13.7 Å². The summed E-state index contributed by atoms with van der Waals surface area (Å²) in [5.41, 5.74) is 1.59. The number of hydrogen-bond donors (Lipinski definition) is 2. The van der Waals surface area contributed by atoms with E-state index in [0.717, 1.165) is 11.3 Å². The molecule has 0 saturated heterocycles. The number of aliphatic hydroxyl groups excluding tert-OH is 1. The minimum absolute atomic E-state index is 0. The topological polar surface area (TPSA) is 63.1 Å². The Morgan fingerprint density at radius 2 is 1.75 bits per heavy atom. The molecule has 0 heterocycles. The van der Waals surface area contributed by atoms with E-state index in [1.54, 1.807) is 31.4 Å². The molecular weight excluding hydrogens is 326 g/mol. The van der Waals surface area contributed by atoms with Crippen molar-refractivity contribution in [2.24, 2.45) is 0 Å². The van der Waals surface area contributed by atoms with Crippen molar-refractivity contribution in [3.05, 3.63) is 65.7 Å². The normalized spacial score (nSPS) is 12.8. The second kappa shape index (κ2) is 10.1. The number of benzene rings is 2. The Kier molecular flexibility index (Phi) is 8.47. The quantitative estimate of drug-likeness (QED) is 0.598. The first-order valence-corrected chi connectivity index (χ1v) is 7.85. The summed E-state index contributed by atoms with van der Waals surface area (Å²) >= 11 is 0. The molecule has 0 spiro atoms. The Morgan fingerprint density at radius 1 is 1.12 bits per heavy atom. The first kappa shape index (κ1) is 20.2. The highest BCUT2D eigenvalue weighted by Gasteiger charge is 2.19. The van der Waals surface area contributed by atoms with Gasteiger partial charge in [0.2, 0.25) is 0 Å². The lowest BCUT2D eigenvalue weighted by Gasteiger charge is -2.17. The lowest BCUT2D eigenvalue weighted by atomic mass is 10.0. The van der Waals surface area contributed by atoms with Crippen LogP contribution in [0.2, 0.25) is 0 Å². The zero-order valence-electron chi connectivity index (χ0n) is 14.0. The summed E-state index contributed by atoms with van der Waals surface area (Å²) in [7, 11) is 1.60. The van der Waals surface area contributed by atoms with Crippen LogP contribution in [0.5, 0.6) is 5.75 Å². The standard InChI is InChI=1S/C19H23NO3.ClH/c1-14(19(22)16-6-4-3-5-7-16)20-13-12-18(21)15-8-10-17(23-2)11-9-15;/h3-11,14,19-20,22H,12-13H2,1-2H3;1H. The molecule has 0 aromatic heterocycles. The van der Waals surface area contributed by atoms with Crippen LogP contribution in [0.25, 0.3) is 0 Å². The summed E-state index contributed by atoms with van der Waals surface area (Å²) in [6.45, 7) is 2.62. The van der Waals surface area contributed by atoms with Crippen molar-refractivity contribution in [3.63, 3.8) is 0 Å². The molecule has 2 atom stereocenters. The molecule has 130 valence electrons. The molecule has 2 rings (SSSR count). The third-order valence-electron chi connectivity index (χ3n) is 3.96. The molecular formula is C19H24ClNO3. The second-order valence-corrected chi connectivity index (χ2v) is 5.64. The number of Topliss-reactive ketones (excluding diaryl/α,β-unsaturated/α-hetero) is 1. The Bertz CT molecular complexity index is 616. The van der Waals surface area contributed by atoms with Crippen molar-refractivity contribution in [3.8, 4) is 5.75 Å². The van der Waals surface area contributed by atoms with Crippen molar-refractivity contribution < 1.29 is 32.4 Å². The van der Waals surface area contributed by atoms with Gasteiger partial charge < -0.3 is 27.6 Å². The van der Waals surface area contributed by atoms with Crippen LogP contribution in [0.15, 0.2) is 54.6 Å². The van der Waals surface area contributed by atoms with E-state index in [1.165, 1.54) is 0 Å². The van der Waals surface area contributed by atoms with E-state index >= 15 is 0 Å². The summed E-state index contributed by atoms with van der Waals surface area (Å²) in [4.78, 5) is 12.1. The van der Waals surface area contributed by atoms with Crippen LogP contribution in [-0.2, 0) is 0 Å². The van der Waals surface area contributed by atoms with Crippen LogP contribution < -0.4 is 22.5 Å². The molecule has 5 heteroatoms. The molecule has 2 aromatic carbocycles. The van der Waals surface area contributed by atoms with Crippen molar-refractivity contribution >= 4 is 5.78 Å². The summed E-state index contributed by atoms with van der Waals surface area (Å²) in [6.07, 6.45) is -0.0923. The first-order valence-electron chi connectivity index (χ1n) is 7.85. The van der Waals surface area contributed by atoms with Crippen LogP contribution in [0.3, 0.4) is 0 Å². The number of carbonyl (C=O) groups excluding carboxylic acids is 1. The van der Waals surface area contributed by atoms with Crippen LogP contribution >= 0.6 is 0 Å². The van der Waals surface area contributed by atoms with E-state index in [1.807, 2.05) is 42.6 Å². The highest BCUT2D eigenvalue weighted by Crippen LogP contribution is 2.14. The van der Waals surface area contributed by atoms with Gasteiger partial charge in [-0.25, -0.2) is 0 Å². The SMILES string of the molecule is COc1ccc(C(=O)CC[NH2+]C(C)C(O)c2ccccc2)cc1.[Cl-]. The van der Waals surface area contributed by atoms with Gasteiger partial charge in [0.05, 0.1) is 20.1 Å². The summed E-state index contributed by atoms with van der Waals surface area (Å²) in [5, 5.41) is 12.3. The maximum atomic E-state index is 12.1. The van der Waals surface area contributed by atoms with Gasteiger partial charge in [-0.1, -0.05) is 30.3 Å². The number of halogens is 1. The number of methoxy groups -OCH3 is 1.